The van der Waals surface area contributed by atoms with E-state index in [9.17, 15) is 10.1 Å². The Labute approximate surface area is 176 Å². The molecule has 0 saturated carbocycles. The van der Waals surface area contributed by atoms with E-state index in [0.29, 0.717) is 6.54 Å². The third kappa shape index (κ3) is 5.08. The number of ether oxygens (including phenoxy) is 1. The molecule has 0 radical (unpaired) electrons. The maximum atomic E-state index is 11.7. The van der Waals surface area contributed by atoms with Gasteiger partial charge in [-0.3, -0.25) is 15.0 Å². The van der Waals surface area contributed by atoms with Crippen molar-refractivity contribution in [1.29, 1.82) is 0 Å². The minimum Gasteiger partial charge on any atom is -0.469 e. The van der Waals surface area contributed by atoms with Gasteiger partial charge in [-0.2, -0.15) is 27.7 Å². The lowest BCUT2D eigenvalue weighted by molar-refractivity contribution is -0.385. The number of rotatable bonds is 8. The molecule has 0 aromatic carbocycles. The first-order valence-electron chi connectivity index (χ1n) is 9.33. The van der Waals surface area contributed by atoms with Crippen LogP contribution < -0.4 is 10.1 Å². The topological polar surface area (TPSA) is 93.4 Å². The molecule has 1 aliphatic heterocycles. The molecule has 4 heterocycles. The molecule has 0 atom stereocenters. The first-order chi connectivity index (χ1) is 14.2. The zero-order valence-electron chi connectivity index (χ0n) is 15.7. The Morgan fingerprint density at radius 3 is 2.55 bits per heavy atom. The molecule has 4 rings (SSSR count). The number of thiophene rings is 2. The molecule has 0 spiro atoms. The van der Waals surface area contributed by atoms with E-state index in [1.54, 1.807) is 22.7 Å². The average Bonchev–Trinajstić information content (AvgIpc) is 3.42. The number of nitrogens with one attached hydrogen (secondary N) is 1. The molecule has 29 heavy (non-hydrogen) atoms. The zero-order chi connectivity index (χ0) is 20.1. The SMILES string of the molecule is O=[N+]([O-])c1c(NCc2ccsc2)ncnc1OC1CCN(Cc2ccsc2)CC1. The Morgan fingerprint density at radius 1 is 1.17 bits per heavy atom. The Bertz CT molecular complexity index is 925. The number of nitrogens with zero attached hydrogens (tertiary/aromatic N) is 4. The quantitative estimate of drug-likeness (QED) is 0.423. The summed E-state index contributed by atoms with van der Waals surface area (Å²) in [4.78, 5) is 21.7. The van der Waals surface area contributed by atoms with Crippen LogP contribution >= 0.6 is 22.7 Å². The molecule has 1 N–H and O–H groups in total. The van der Waals surface area contributed by atoms with Crippen LogP contribution in [-0.2, 0) is 13.1 Å². The molecule has 10 heteroatoms. The highest BCUT2D eigenvalue weighted by atomic mass is 32.1. The van der Waals surface area contributed by atoms with Crippen molar-refractivity contribution < 1.29 is 9.66 Å². The molecular formula is C19H21N5O3S2. The predicted molar refractivity (Wildman–Crippen MR) is 114 cm³/mol. The van der Waals surface area contributed by atoms with Crippen molar-refractivity contribution in [1.82, 2.24) is 14.9 Å². The van der Waals surface area contributed by atoms with Crippen LogP contribution in [0.2, 0.25) is 0 Å². The summed E-state index contributed by atoms with van der Waals surface area (Å²) in [6, 6.07) is 4.11. The minimum absolute atomic E-state index is 0.0362. The first-order valence-corrected chi connectivity index (χ1v) is 11.2. The van der Waals surface area contributed by atoms with Crippen molar-refractivity contribution >= 4 is 34.2 Å². The van der Waals surface area contributed by atoms with Crippen LogP contribution in [0.4, 0.5) is 11.5 Å². The molecule has 3 aromatic rings. The van der Waals surface area contributed by atoms with E-state index >= 15 is 0 Å². The number of nitro groups is 1. The molecule has 0 unspecified atom stereocenters. The summed E-state index contributed by atoms with van der Waals surface area (Å²) in [5.74, 6) is 0.218. The van der Waals surface area contributed by atoms with E-state index in [0.717, 1.165) is 38.0 Å². The Balaban J connectivity index is 1.39. The van der Waals surface area contributed by atoms with Crippen molar-refractivity contribution in [3.8, 4) is 5.88 Å². The van der Waals surface area contributed by atoms with Crippen LogP contribution in [0.3, 0.4) is 0 Å². The third-order valence-corrected chi connectivity index (χ3v) is 6.27. The fraction of sp³-hybridized carbons (Fsp3) is 0.368. The van der Waals surface area contributed by atoms with Crippen molar-refractivity contribution in [2.24, 2.45) is 0 Å². The molecular weight excluding hydrogens is 410 g/mol. The van der Waals surface area contributed by atoms with Crippen LogP contribution in [0.1, 0.15) is 24.0 Å². The summed E-state index contributed by atoms with van der Waals surface area (Å²) in [6.07, 6.45) is 2.84. The summed E-state index contributed by atoms with van der Waals surface area (Å²) in [5, 5.41) is 22.9. The van der Waals surface area contributed by atoms with E-state index in [2.05, 4.69) is 37.0 Å². The molecule has 0 bridgehead atoms. The van der Waals surface area contributed by atoms with Crippen molar-refractivity contribution in [2.75, 3.05) is 18.4 Å². The normalized spacial score (nSPS) is 15.3. The van der Waals surface area contributed by atoms with E-state index in [1.807, 2.05) is 16.8 Å². The smallest absolute Gasteiger partial charge is 0.372 e. The van der Waals surface area contributed by atoms with Crippen molar-refractivity contribution in [2.45, 2.75) is 32.0 Å². The van der Waals surface area contributed by atoms with Gasteiger partial charge >= 0.3 is 5.69 Å². The Kier molecular flexibility index (Phi) is 6.33. The van der Waals surface area contributed by atoms with Gasteiger partial charge in [0, 0.05) is 26.2 Å². The lowest BCUT2D eigenvalue weighted by Crippen LogP contribution is -2.37. The standard InChI is InChI=1S/C19H21N5O3S2/c25-24(26)17-18(20-9-14-3-7-28-11-14)21-13-22-19(17)27-16-1-5-23(6-2-16)10-15-4-8-29-12-15/h3-4,7-8,11-13,16H,1-2,5-6,9-10H2,(H,20,21,22). The van der Waals surface area contributed by atoms with E-state index < -0.39 is 4.92 Å². The van der Waals surface area contributed by atoms with E-state index in [-0.39, 0.29) is 23.5 Å². The molecule has 1 aliphatic rings. The average molecular weight is 432 g/mol. The monoisotopic (exact) mass is 431 g/mol. The van der Waals surface area contributed by atoms with Gasteiger partial charge in [0.15, 0.2) is 0 Å². The fourth-order valence-electron chi connectivity index (χ4n) is 3.31. The fourth-order valence-corrected chi connectivity index (χ4v) is 4.63. The molecule has 152 valence electrons. The first kappa shape index (κ1) is 19.7. The molecule has 1 saturated heterocycles. The minimum atomic E-state index is -0.475. The van der Waals surface area contributed by atoms with E-state index in [4.69, 9.17) is 4.74 Å². The summed E-state index contributed by atoms with van der Waals surface area (Å²) in [6.45, 7) is 3.17. The number of anilines is 1. The van der Waals surface area contributed by atoms with E-state index in [1.165, 1.54) is 11.9 Å². The second kappa shape index (κ2) is 9.29. The summed E-state index contributed by atoms with van der Waals surface area (Å²) in [5.41, 5.74) is 2.16. The lowest BCUT2D eigenvalue weighted by Gasteiger charge is -2.31. The Hall–Kier alpha value is -2.56. The third-order valence-electron chi connectivity index (χ3n) is 4.81. The van der Waals surface area contributed by atoms with Gasteiger partial charge in [-0.25, -0.2) is 4.98 Å². The summed E-state index contributed by atoms with van der Waals surface area (Å²) in [7, 11) is 0. The number of hydrogen-bond donors (Lipinski definition) is 1. The van der Waals surface area contributed by atoms with Gasteiger partial charge in [-0.15, -0.1) is 0 Å². The highest BCUT2D eigenvalue weighted by Crippen LogP contribution is 2.33. The summed E-state index contributed by atoms with van der Waals surface area (Å²) < 4.78 is 5.95. The van der Waals surface area contributed by atoms with Gasteiger partial charge in [-0.1, -0.05) is 0 Å². The number of likely N-dealkylation sites (tertiary alicyclic amines) is 1. The highest BCUT2D eigenvalue weighted by Gasteiger charge is 2.28. The van der Waals surface area contributed by atoms with Gasteiger partial charge in [-0.05, 0) is 57.6 Å². The number of aromatic nitrogens is 2. The molecule has 3 aromatic heterocycles. The molecule has 8 nitrogen and oxygen atoms in total. The zero-order valence-corrected chi connectivity index (χ0v) is 17.3. The number of piperidine rings is 1. The maximum Gasteiger partial charge on any atom is 0.372 e. The van der Waals surface area contributed by atoms with Crippen molar-refractivity contribution in [3.63, 3.8) is 0 Å². The van der Waals surface area contributed by atoms with Crippen LogP contribution in [0.5, 0.6) is 5.88 Å². The largest absolute Gasteiger partial charge is 0.469 e. The van der Waals surface area contributed by atoms with Crippen LogP contribution in [0.25, 0.3) is 0 Å². The molecule has 0 amide bonds. The summed E-state index contributed by atoms with van der Waals surface area (Å²) >= 11 is 3.28. The van der Waals surface area contributed by atoms with Gasteiger partial charge in [0.2, 0.25) is 5.82 Å². The van der Waals surface area contributed by atoms with Crippen LogP contribution in [-0.4, -0.2) is 39.0 Å². The van der Waals surface area contributed by atoms with Gasteiger partial charge in [0.05, 0.1) is 4.92 Å². The second-order valence-electron chi connectivity index (χ2n) is 6.84. The van der Waals surface area contributed by atoms with Gasteiger partial charge < -0.3 is 10.1 Å². The second-order valence-corrected chi connectivity index (χ2v) is 8.40. The van der Waals surface area contributed by atoms with Crippen LogP contribution in [0, 0.1) is 10.1 Å². The van der Waals surface area contributed by atoms with Crippen molar-refractivity contribution in [3.05, 3.63) is 61.2 Å². The Morgan fingerprint density at radius 2 is 1.90 bits per heavy atom. The van der Waals surface area contributed by atoms with Crippen LogP contribution in [0.15, 0.2) is 40.0 Å². The predicted octanol–water partition coefficient (Wildman–Crippen LogP) is 4.16. The maximum absolute atomic E-state index is 11.7. The highest BCUT2D eigenvalue weighted by molar-refractivity contribution is 7.08. The van der Waals surface area contributed by atoms with Gasteiger partial charge in [0.25, 0.3) is 5.88 Å². The number of hydrogen-bond acceptors (Lipinski definition) is 9. The lowest BCUT2D eigenvalue weighted by atomic mass is 10.1. The van der Waals surface area contributed by atoms with Gasteiger partial charge in [0.1, 0.15) is 12.4 Å². The molecule has 1 fully saturated rings. The molecule has 0 aliphatic carbocycles.